The number of hydrogen-bond acceptors (Lipinski definition) is 3. The van der Waals surface area contributed by atoms with Crippen molar-refractivity contribution < 1.29 is 4.74 Å². The minimum atomic E-state index is 0.303. The summed E-state index contributed by atoms with van der Waals surface area (Å²) < 4.78 is 5.48. The van der Waals surface area contributed by atoms with Crippen LogP contribution in [0.25, 0.3) is 21.9 Å². The molecule has 0 aliphatic rings. The number of nitrogens with zero attached hydrogens (tertiary/aromatic N) is 1. The van der Waals surface area contributed by atoms with Gasteiger partial charge in [-0.2, -0.15) is 0 Å². The molecule has 3 nitrogen and oxygen atoms in total. The van der Waals surface area contributed by atoms with Crippen LogP contribution in [0.3, 0.4) is 0 Å². The highest BCUT2D eigenvalue weighted by Crippen LogP contribution is 2.38. The molecule has 4 heteroatoms. The zero-order valence-electron chi connectivity index (χ0n) is 10.9. The summed E-state index contributed by atoms with van der Waals surface area (Å²) in [5.74, 6) is 0.762. The molecule has 20 heavy (non-hydrogen) atoms. The molecule has 2 aromatic carbocycles. The topological polar surface area (TPSA) is 48.1 Å². The van der Waals surface area contributed by atoms with Gasteiger partial charge in [-0.05, 0) is 29.0 Å². The molecule has 2 N–H and O–H groups in total. The smallest absolute Gasteiger partial charge is 0.152 e. The van der Waals surface area contributed by atoms with Crippen molar-refractivity contribution in [2.45, 2.75) is 0 Å². The Bertz CT molecular complexity index is 787. The Labute approximate surface area is 122 Å². The first-order chi connectivity index (χ1) is 9.70. The summed E-state index contributed by atoms with van der Waals surface area (Å²) in [7, 11) is 1.65. The van der Waals surface area contributed by atoms with E-state index < -0.39 is 0 Å². The quantitative estimate of drug-likeness (QED) is 0.719. The van der Waals surface area contributed by atoms with Crippen LogP contribution in [0.15, 0.2) is 48.7 Å². The number of nitrogen functional groups attached to an aromatic ring is 1. The van der Waals surface area contributed by atoms with Crippen molar-refractivity contribution in [2.75, 3.05) is 12.8 Å². The van der Waals surface area contributed by atoms with E-state index in [1.165, 1.54) is 0 Å². The number of fused-ring (bicyclic) bond motifs is 1. The highest BCUT2D eigenvalue weighted by atomic mass is 35.5. The van der Waals surface area contributed by atoms with Gasteiger partial charge in [0.2, 0.25) is 0 Å². The molecule has 1 heterocycles. The zero-order chi connectivity index (χ0) is 14.1. The van der Waals surface area contributed by atoms with E-state index in [9.17, 15) is 0 Å². The Morgan fingerprint density at radius 2 is 1.75 bits per heavy atom. The predicted molar refractivity (Wildman–Crippen MR) is 83.2 cm³/mol. The third kappa shape index (κ3) is 2.06. The third-order valence-corrected chi connectivity index (χ3v) is 3.60. The van der Waals surface area contributed by atoms with Gasteiger partial charge in [0.15, 0.2) is 5.15 Å². The number of pyridine rings is 1. The molecule has 0 saturated carbocycles. The van der Waals surface area contributed by atoms with Crippen LogP contribution in [0.4, 0.5) is 5.69 Å². The first-order valence-corrected chi connectivity index (χ1v) is 6.55. The Morgan fingerprint density at radius 3 is 2.45 bits per heavy atom. The number of rotatable bonds is 2. The molecule has 1 aromatic heterocycles. The van der Waals surface area contributed by atoms with E-state index in [-0.39, 0.29) is 0 Å². The van der Waals surface area contributed by atoms with Gasteiger partial charge in [-0.25, -0.2) is 4.98 Å². The normalized spacial score (nSPS) is 10.7. The molecule has 3 aromatic rings. The lowest BCUT2D eigenvalue weighted by molar-refractivity contribution is 0.417. The minimum Gasteiger partial charge on any atom is -0.496 e. The molecule has 0 spiro atoms. The average molecular weight is 285 g/mol. The molecule has 0 aliphatic carbocycles. The van der Waals surface area contributed by atoms with Gasteiger partial charge in [-0.3, -0.25) is 0 Å². The van der Waals surface area contributed by atoms with Crippen LogP contribution < -0.4 is 10.5 Å². The maximum absolute atomic E-state index is 6.03. The van der Waals surface area contributed by atoms with E-state index >= 15 is 0 Å². The Hall–Kier alpha value is -2.26. The van der Waals surface area contributed by atoms with Gasteiger partial charge in [0.1, 0.15) is 5.75 Å². The van der Waals surface area contributed by atoms with Crippen LogP contribution in [-0.2, 0) is 0 Å². The van der Waals surface area contributed by atoms with E-state index in [4.69, 9.17) is 22.1 Å². The number of methoxy groups -OCH3 is 1. The van der Waals surface area contributed by atoms with Gasteiger partial charge >= 0.3 is 0 Å². The molecule has 0 saturated heterocycles. The fourth-order valence-corrected chi connectivity index (χ4v) is 2.44. The van der Waals surface area contributed by atoms with Crippen molar-refractivity contribution in [1.82, 2.24) is 4.98 Å². The van der Waals surface area contributed by atoms with Crippen LogP contribution in [-0.4, -0.2) is 12.1 Å². The van der Waals surface area contributed by atoms with E-state index in [0.29, 0.717) is 10.8 Å². The number of nitrogens with two attached hydrogens (primary N) is 1. The Balaban J connectivity index is 2.31. The number of benzene rings is 2. The second-order valence-electron chi connectivity index (χ2n) is 4.46. The molecule has 0 atom stereocenters. The standard InChI is InChI=1S/C16H13ClN2O/c1-20-14-9-11-5-3-2-4-10(11)8-13(14)12-6-7-19-16(17)15(12)18/h2-9H,18H2,1H3. The van der Waals surface area contributed by atoms with Gasteiger partial charge in [0.05, 0.1) is 12.8 Å². The Morgan fingerprint density at radius 1 is 1.05 bits per heavy atom. The van der Waals surface area contributed by atoms with Gasteiger partial charge in [0, 0.05) is 17.3 Å². The van der Waals surface area contributed by atoms with Crippen molar-refractivity contribution in [3.8, 4) is 16.9 Å². The molecule has 0 fully saturated rings. The summed E-state index contributed by atoms with van der Waals surface area (Å²) in [6.45, 7) is 0. The van der Waals surface area contributed by atoms with E-state index in [1.807, 2.05) is 30.3 Å². The first kappa shape index (κ1) is 12.8. The Kier molecular flexibility index (Phi) is 3.20. The van der Waals surface area contributed by atoms with E-state index in [1.54, 1.807) is 13.3 Å². The van der Waals surface area contributed by atoms with Crippen molar-refractivity contribution in [3.63, 3.8) is 0 Å². The lowest BCUT2D eigenvalue weighted by Gasteiger charge is -2.13. The molecular formula is C16H13ClN2O. The zero-order valence-corrected chi connectivity index (χ0v) is 11.7. The molecule has 0 unspecified atom stereocenters. The number of hydrogen-bond donors (Lipinski definition) is 1. The van der Waals surface area contributed by atoms with Gasteiger partial charge in [0.25, 0.3) is 0 Å². The lowest BCUT2D eigenvalue weighted by atomic mass is 10.00. The predicted octanol–water partition coefficient (Wildman–Crippen LogP) is 4.15. The van der Waals surface area contributed by atoms with Crippen LogP contribution in [0.1, 0.15) is 0 Å². The summed E-state index contributed by atoms with van der Waals surface area (Å²) in [6.07, 6.45) is 1.64. The highest BCUT2D eigenvalue weighted by molar-refractivity contribution is 6.32. The minimum absolute atomic E-state index is 0.303. The van der Waals surface area contributed by atoms with Gasteiger partial charge in [-0.15, -0.1) is 0 Å². The van der Waals surface area contributed by atoms with Crippen LogP contribution in [0.5, 0.6) is 5.75 Å². The summed E-state index contributed by atoms with van der Waals surface area (Å²) in [6, 6.07) is 14.0. The maximum atomic E-state index is 6.03. The molecule has 0 aliphatic heterocycles. The summed E-state index contributed by atoms with van der Waals surface area (Å²) in [5.41, 5.74) is 8.23. The van der Waals surface area contributed by atoms with E-state index in [2.05, 4.69) is 17.1 Å². The number of aromatic nitrogens is 1. The molecule has 0 amide bonds. The lowest BCUT2D eigenvalue weighted by Crippen LogP contribution is -1.95. The molecule has 100 valence electrons. The summed E-state index contributed by atoms with van der Waals surface area (Å²) in [4.78, 5) is 3.98. The second kappa shape index (κ2) is 5.02. The SMILES string of the molecule is COc1cc2ccccc2cc1-c1ccnc(Cl)c1N. The molecule has 3 rings (SSSR count). The third-order valence-electron chi connectivity index (χ3n) is 3.30. The second-order valence-corrected chi connectivity index (χ2v) is 4.82. The van der Waals surface area contributed by atoms with Crippen molar-refractivity contribution in [3.05, 3.63) is 53.8 Å². The number of halogens is 1. The maximum Gasteiger partial charge on any atom is 0.152 e. The summed E-state index contributed by atoms with van der Waals surface area (Å²) >= 11 is 6.00. The fourth-order valence-electron chi connectivity index (χ4n) is 2.28. The number of ether oxygens (including phenoxy) is 1. The van der Waals surface area contributed by atoms with Crippen LogP contribution in [0, 0.1) is 0 Å². The van der Waals surface area contributed by atoms with Crippen LogP contribution in [0.2, 0.25) is 5.15 Å². The van der Waals surface area contributed by atoms with Gasteiger partial charge in [-0.1, -0.05) is 35.9 Å². The van der Waals surface area contributed by atoms with Crippen molar-refractivity contribution >= 4 is 28.1 Å². The van der Waals surface area contributed by atoms with Gasteiger partial charge < -0.3 is 10.5 Å². The van der Waals surface area contributed by atoms with Crippen LogP contribution >= 0.6 is 11.6 Å². The molecule has 0 radical (unpaired) electrons. The summed E-state index contributed by atoms with van der Waals surface area (Å²) in [5, 5.41) is 2.54. The molecular weight excluding hydrogens is 272 g/mol. The largest absolute Gasteiger partial charge is 0.496 e. The monoisotopic (exact) mass is 284 g/mol. The average Bonchev–Trinajstić information content (AvgIpc) is 2.48. The fraction of sp³-hybridized carbons (Fsp3) is 0.0625. The molecule has 0 bridgehead atoms. The van der Waals surface area contributed by atoms with Crippen molar-refractivity contribution in [1.29, 1.82) is 0 Å². The highest BCUT2D eigenvalue weighted by Gasteiger charge is 2.12. The van der Waals surface area contributed by atoms with Crippen molar-refractivity contribution in [2.24, 2.45) is 0 Å². The van der Waals surface area contributed by atoms with E-state index in [0.717, 1.165) is 27.6 Å². The first-order valence-electron chi connectivity index (χ1n) is 6.18. The number of anilines is 1.